The zero-order chi connectivity index (χ0) is 12.1. The fourth-order valence-corrected chi connectivity index (χ4v) is 2.22. The summed E-state index contributed by atoms with van der Waals surface area (Å²) in [5, 5.41) is 9.84. The van der Waals surface area contributed by atoms with Gasteiger partial charge in [-0.2, -0.15) is 0 Å². The first-order valence-corrected chi connectivity index (χ1v) is 6.24. The van der Waals surface area contributed by atoms with Gasteiger partial charge in [-0.15, -0.1) is 12.4 Å². The topological polar surface area (TPSA) is 46.2 Å². The van der Waals surface area contributed by atoms with Crippen molar-refractivity contribution in [1.82, 2.24) is 0 Å². The van der Waals surface area contributed by atoms with Crippen LogP contribution in [0.4, 0.5) is 4.39 Å². The van der Waals surface area contributed by atoms with Crippen molar-refractivity contribution in [1.29, 1.82) is 0 Å². The molecule has 3 N–H and O–H groups in total. The number of rotatable bonds is 5. The Kier molecular flexibility index (Phi) is 7.96. The molecule has 5 heteroatoms. The lowest BCUT2D eigenvalue weighted by molar-refractivity contribution is 0.130. The summed E-state index contributed by atoms with van der Waals surface area (Å²) in [7, 11) is 0. The summed E-state index contributed by atoms with van der Waals surface area (Å²) in [6, 6.07) is 4.01. The van der Waals surface area contributed by atoms with Crippen LogP contribution in [0.25, 0.3) is 0 Å². The van der Waals surface area contributed by atoms with Crippen LogP contribution >= 0.6 is 28.3 Å². The fourth-order valence-electron chi connectivity index (χ4n) is 1.61. The smallest absolute Gasteiger partial charge is 0.129 e. The molecule has 0 aromatic heterocycles. The predicted octanol–water partition coefficient (Wildman–Crippen LogP) is 3.56. The van der Waals surface area contributed by atoms with E-state index in [4.69, 9.17) is 5.73 Å². The van der Waals surface area contributed by atoms with Gasteiger partial charge < -0.3 is 10.8 Å². The lowest BCUT2D eigenvalue weighted by atomic mass is 9.98. The second kappa shape index (κ2) is 8.03. The van der Waals surface area contributed by atoms with Crippen molar-refractivity contribution in [3.05, 3.63) is 34.1 Å². The summed E-state index contributed by atoms with van der Waals surface area (Å²) in [5.74, 6) is -0.377. The Balaban J connectivity index is 0.00000256. The second-order valence-electron chi connectivity index (χ2n) is 3.87. The van der Waals surface area contributed by atoms with E-state index < -0.39 is 12.1 Å². The van der Waals surface area contributed by atoms with Crippen LogP contribution in [0.5, 0.6) is 0 Å². The molecule has 0 saturated carbocycles. The average Bonchev–Trinajstić information content (AvgIpc) is 2.25. The maximum atomic E-state index is 13.6. The first kappa shape index (κ1) is 16.8. The molecule has 1 aromatic rings. The van der Waals surface area contributed by atoms with Gasteiger partial charge in [0.25, 0.3) is 0 Å². The molecular weight excluding hydrogens is 308 g/mol. The maximum absolute atomic E-state index is 13.6. The van der Waals surface area contributed by atoms with Crippen molar-refractivity contribution >= 4 is 28.3 Å². The Labute approximate surface area is 116 Å². The van der Waals surface area contributed by atoms with E-state index in [9.17, 15) is 9.50 Å². The molecule has 0 spiro atoms. The fraction of sp³-hybridized carbons (Fsp3) is 0.500. The van der Waals surface area contributed by atoms with Crippen LogP contribution in [-0.2, 0) is 0 Å². The third-order valence-corrected chi connectivity index (χ3v) is 3.29. The number of aliphatic hydroxyl groups is 1. The summed E-state index contributed by atoms with van der Waals surface area (Å²) in [5.41, 5.74) is 6.21. The molecule has 17 heavy (non-hydrogen) atoms. The molecule has 2 atom stereocenters. The van der Waals surface area contributed by atoms with E-state index in [1.54, 1.807) is 12.1 Å². The van der Waals surface area contributed by atoms with Crippen LogP contribution in [-0.4, -0.2) is 11.2 Å². The number of halogens is 3. The number of benzene rings is 1. The molecule has 0 aliphatic rings. The van der Waals surface area contributed by atoms with Crippen molar-refractivity contribution in [3.8, 4) is 0 Å². The first-order chi connectivity index (χ1) is 7.57. The van der Waals surface area contributed by atoms with Gasteiger partial charge in [0.15, 0.2) is 0 Å². The summed E-state index contributed by atoms with van der Waals surface area (Å²) in [6.07, 6.45) is 1.77. The third kappa shape index (κ3) is 4.54. The summed E-state index contributed by atoms with van der Waals surface area (Å²) >= 11 is 3.25. The number of nitrogens with two attached hydrogens (primary N) is 1. The van der Waals surface area contributed by atoms with Crippen molar-refractivity contribution in [2.75, 3.05) is 0 Å². The van der Waals surface area contributed by atoms with Crippen molar-refractivity contribution in [2.24, 2.45) is 5.73 Å². The van der Waals surface area contributed by atoms with Crippen LogP contribution in [0.3, 0.4) is 0 Å². The van der Waals surface area contributed by atoms with Gasteiger partial charge in [0.1, 0.15) is 5.82 Å². The Morgan fingerprint density at radius 1 is 1.47 bits per heavy atom. The van der Waals surface area contributed by atoms with E-state index in [1.807, 2.05) is 6.92 Å². The normalized spacial score (nSPS) is 13.9. The van der Waals surface area contributed by atoms with Gasteiger partial charge in [0.2, 0.25) is 0 Å². The largest absolute Gasteiger partial charge is 0.391 e. The minimum atomic E-state index is -0.701. The molecule has 0 bridgehead atoms. The van der Waals surface area contributed by atoms with Gasteiger partial charge in [-0.1, -0.05) is 41.8 Å². The monoisotopic (exact) mass is 325 g/mol. The van der Waals surface area contributed by atoms with E-state index in [2.05, 4.69) is 15.9 Å². The third-order valence-electron chi connectivity index (χ3n) is 2.60. The molecule has 1 rings (SSSR count). The Hall–Kier alpha value is -0.160. The zero-order valence-corrected chi connectivity index (χ0v) is 12.1. The van der Waals surface area contributed by atoms with E-state index in [-0.39, 0.29) is 18.2 Å². The zero-order valence-electron chi connectivity index (χ0n) is 9.70. The number of hydrogen-bond donors (Lipinski definition) is 2. The van der Waals surface area contributed by atoms with E-state index in [0.29, 0.717) is 16.5 Å². The van der Waals surface area contributed by atoms with E-state index in [0.717, 1.165) is 12.8 Å². The van der Waals surface area contributed by atoms with Gasteiger partial charge in [-0.05, 0) is 18.6 Å². The number of hydrogen-bond acceptors (Lipinski definition) is 2. The Morgan fingerprint density at radius 2 is 2.12 bits per heavy atom. The predicted molar refractivity (Wildman–Crippen MR) is 73.8 cm³/mol. The quantitative estimate of drug-likeness (QED) is 0.869. The van der Waals surface area contributed by atoms with Crippen LogP contribution in [0.2, 0.25) is 0 Å². The molecule has 0 saturated heterocycles. The molecular formula is C12H18BrClFNO. The summed E-state index contributed by atoms with van der Waals surface area (Å²) in [6.45, 7) is 2.04. The van der Waals surface area contributed by atoms with Gasteiger partial charge in [-0.3, -0.25) is 0 Å². The highest BCUT2D eigenvalue weighted by Gasteiger charge is 2.21. The van der Waals surface area contributed by atoms with Gasteiger partial charge in [0.05, 0.1) is 12.1 Å². The highest BCUT2D eigenvalue weighted by Crippen LogP contribution is 2.28. The van der Waals surface area contributed by atoms with Gasteiger partial charge >= 0.3 is 0 Å². The van der Waals surface area contributed by atoms with Gasteiger partial charge in [-0.25, -0.2) is 4.39 Å². The lowest BCUT2D eigenvalue weighted by Crippen LogP contribution is -2.27. The highest BCUT2D eigenvalue weighted by molar-refractivity contribution is 9.10. The first-order valence-electron chi connectivity index (χ1n) is 5.45. The molecule has 0 heterocycles. The molecule has 1 aromatic carbocycles. The molecule has 0 amide bonds. The molecule has 2 nitrogen and oxygen atoms in total. The SMILES string of the molecule is CCCC[C@H](O)[C@H](N)c1c(F)cccc1Br.Cl. The molecule has 98 valence electrons. The Bertz CT molecular complexity index is 331. The minimum Gasteiger partial charge on any atom is -0.391 e. The van der Waals surface area contributed by atoms with Crippen molar-refractivity contribution < 1.29 is 9.50 Å². The molecule has 0 radical (unpaired) electrons. The Morgan fingerprint density at radius 3 is 2.65 bits per heavy atom. The van der Waals surface area contributed by atoms with Gasteiger partial charge in [0, 0.05) is 10.0 Å². The van der Waals surface area contributed by atoms with Crippen LogP contribution in [0.1, 0.15) is 37.8 Å². The minimum absolute atomic E-state index is 0. The summed E-state index contributed by atoms with van der Waals surface area (Å²) < 4.78 is 14.2. The molecule has 0 fully saturated rings. The number of unbranched alkanes of at least 4 members (excludes halogenated alkanes) is 1. The standard InChI is InChI=1S/C12H17BrFNO.ClH/c1-2-3-7-10(16)12(15)11-8(13)5-4-6-9(11)14;/h4-6,10,12,16H,2-3,7,15H2,1H3;1H/t10-,12-;/m0./s1. The van der Waals surface area contributed by atoms with Crippen LogP contribution in [0.15, 0.2) is 22.7 Å². The van der Waals surface area contributed by atoms with Crippen LogP contribution < -0.4 is 5.73 Å². The van der Waals surface area contributed by atoms with E-state index >= 15 is 0 Å². The lowest BCUT2D eigenvalue weighted by Gasteiger charge is -2.20. The van der Waals surface area contributed by atoms with Crippen molar-refractivity contribution in [3.63, 3.8) is 0 Å². The number of aliphatic hydroxyl groups excluding tert-OH is 1. The maximum Gasteiger partial charge on any atom is 0.129 e. The average molecular weight is 327 g/mol. The molecule has 0 aliphatic heterocycles. The molecule has 0 aliphatic carbocycles. The highest BCUT2D eigenvalue weighted by atomic mass is 79.9. The van der Waals surface area contributed by atoms with E-state index in [1.165, 1.54) is 6.07 Å². The molecule has 0 unspecified atom stereocenters. The van der Waals surface area contributed by atoms with Crippen molar-refractivity contribution in [2.45, 2.75) is 38.3 Å². The second-order valence-corrected chi connectivity index (χ2v) is 4.73. The van der Waals surface area contributed by atoms with Crippen LogP contribution in [0, 0.1) is 5.82 Å². The summed E-state index contributed by atoms with van der Waals surface area (Å²) in [4.78, 5) is 0.